The Morgan fingerprint density at radius 1 is 0.867 bits per heavy atom. The molecule has 2 aromatic carbocycles. The van der Waals surface area contributed by atoms with Crippen LogP contribution in [0.1, 0.15) is 17.0 Å². The summed E-state index contributed by atoms with van der Waals surface area (Å²) in [5, 5.41) is 8.43. The van der Waals surface area contributed by atoms with E-state index in [1.165, 1.54) is 11.1 Å². The van der Waals surface area contributed by atoms with Crippen LogP contribution in [0.2, 0.25) is 0 Å². The number of aryl methyl sites for hydroxylation is 1. The predicted molar refractivity (Wildman–Crippen MR) is 115 cm³/mol. The highest BCUT2D eigenvalue weighted by Crippen LogP contribution is 2.23. The highest BCUT2D eigenvalue weighted by molar-refractivity contribution is 5.53. The van der Waals surface area contributed by atoms with Crippen LogP contribution >= 0.6 is 0 Å². The summed E-state index contributed by atoms with van der Waals surface area (Å²) in [7, 11) is 3.38. The third-order valence-electron chi connectivity index (χ3n) is 5.46. The first-order valence-corrected chi connectivity index (χ1v) is 10.2. The van der Waals surface area contributed by atoms with E-state index in [1.807, 2.05) is 24.3 Å². The molecule has 1 fully saturated rings. The van der Waals surface area contributed by atoms with Crippen LogP contribution in [-0.4, -0.2) is 60.4 Å². The van der Waals surface area contributed by atoms with Crippen molar-refractivity contribution in [1.29, 1.82) is 0 Å². The molecule has 0 bridgehead atoms. The van der Waals surface area contributed by atoms with Gasteiger partial charge in [0, 0.05) is 43.9 Å². The van der Waals surface area contributed by atoms with Crippen molar-refractivity contribution in [2.24, 2.45) is 0 Å². The van der Waals surface area contributed by atoms with E-state index in [0.29, 0.717) is 18.3 Å². The lowest BCUT2D eigenvalue weighted by atomic mass is 10.1. The van der Waals surface area contributed by atoms with Gasteiger partial charge in [-0.2, -0.15) is 0 Å². The second-order valence-corrected chi connectivity index (χ2v) is 7.60. The lowest BCUT2D eigenvalue weighted by Crippen LogP contribution is -2.45. The first-order valence-electron chi connectivity index (χ1n) is 10.2. The van der Waals surface area contributed by atoms with Crippen LogP contribution in [0.4, 0.5) is 0 Å². The summed E-state index contributed by atoms with van der Waals surface area (Å²) in [6.45, 7) is 7.62. The Morgan fingerprint density at radius 2 is 1.57 bits per heavy atom. The number of hydrogen-bond donors (Lipinski definition) is 0. The average molecular weight is 409 g/mol. The molecule has 0 saturated carbocycles. The summed E-state index contributed by atoms with van der Waals surface area (Å²) < 4.78 is 16.6. The van der Waals surface area contributed by atoms with Gasteiger partial charge < -0.3 is 13.9 Å². The minimum absolute atomic E-state index is 0.540. The number of ether oxygens (including phenoxy) is 2. The van der Waals surface area contributed by atoms with E-state index >= 15 is 0 Å². The van der Waals surface area contributed by atoms with Crippen LogP contribution in [0.5, 0.6) is 11.5 Å². The molecule has 0 unspecified atom stereocenters. The van der Waals surface area contributed by atoms with Gasteiger partial charge in [-0.1, -0.05) is 17.7 Å². The molecule has 1 aliphatic heterocycles. The molecule has 7 nitrogen and oxygen atoms in total. The maximum atomic E-state index is 5.88. The zero-order valence-corrected chi connectivity index (χ0v) is 17.8. The smallest absolute Gasteiger partial charge is 0.247 e. The lowest BCUT2D eigenvalue weighted by Gasteiger charge is -2.34. The van der Waals surface area contributed by atoms with Gasteiger partial charge in [-0.15, -0.1) is 10.2 Å². The van der Waals surface area contributed by atoms with Crippen LogP contribution in [0.25, 0.3) is 11.5 Å². The number of benzene rings is 2. The van der Waals surface area contributed by atoms with Crippen molar-refractivity contribution in [2.75, 3.05) is 40.4 Å². The van der Waals surface area contributed by atoms with E-state index in [1.54, 1.807) is 14.2 Å². The Balaban J connectivity index is 1.31. The Kier molecular flexibility index (Phi) is 6.30. The molecule has 0 atom stereocenters. The molecule has 4 rings (SSSR count). The van der Waals surface area contributed by atoms with E-state index < -0.39 is 0 Å². The lowest BCUT2D eigenvalue weighted by molar-refractivity contribution is 0.114. The number of rotatable bonds is 7. The standard InChI is InChI=1S/C23H28N4O3/c1-17-4-9-21(29-3)19(14-17)15-26-10-12-27(13-11-26)16-22-24-25-23(30-22)18-5-7-20(28-2)8-6-18/h4-9,14H,10-13,15-16H2,1-3H3. The molecule has 158 valence electrons. The van der Waals surface area contributed by atoms with Crippen molar-refractivity contribution in [1.82, 2.24) is 20.0 Å². The molecular weight excluding hydrogens is 380 g/mol. The van der Waals surface area contributed by atoms with Gasteiger partial charge in [0.15, 0.2) is 0 Å². The number of piperazine rings is 1. The van der Waals surface area contributed by atoms with E-state index in [9.17, 15) is 0 Å². The first kappa shape index (κ1) is 20.4. The summed E-state index contributed by atoms with van der Waals surface area (Å²) >= 11 is 0. The van der Waals surface area contributed by atoms with E-state index in [-0.39, 0.29) is 0 Å². The highest BCUT2D eigenvalue weighted by atomic mass is 16.5. The summed E-state index contributed by atoms with van der Waals surface area (Å²) in [4.78, 5) is 4.82. The fourth-order valence-corrected chi connectivity index (χ4v) is 3.74. The number of aromatic nitrogens is 2. The molecule has 0 aliphatic carbocycles. The van der Waals surface area contributed by atoms with Gasteiger partial charge in [0.2, 0.25) is 11.8 Å². The Morgan fingerprint density at radius 3 is 2.23 bits per heavy atom. The quantitative estimate of drug-likeness (QED) is 0.594. The Labute approximate surface area is 177 Å². The van der Waals surface area contributed by atoms with Crippen LogP contribution < -0.4 is 9.47 Å². The maximum Gasteiger partial charge on any atom is 0.247 e. The molecule has 1 aromatic heterocycles. The molecule has 2 heterocycles. The van der Waals surface area contributed by atoms with Gasteiger partial charge in [0.05, 0.1) is 20.8 Å². The number of nitrogens with zero attached hydrogens (tertiary/aromatic N) is 4. The summed E-state index contributed by atoms with van der Waals surface area (Å²) in [5.41, 5.74) is 3.40. The van der Waals surface area contributed by atoms with E-state index in [0.717, 1.165) is 49.8 Å². The molecule has 7 heteroatoms. The van der Waals surface area contributed by atoms with Crippen molar-refractivity contribution in [3.8, 4) is 23.0 Å². The van der Waals surface area contributed by atoms with Crippen LogP contribution in [0, 0.1) is 6.92 Å². The molecule has 0 amide bonds. The molecule has 0 N–H and O–H groups in total. The SMILES string of the molecule is COc1ccc(-c2nnc(CN3CCN(Cc4cc(C)ccc4OC)CC3)o2)cc1. The highest BCUT2D eigenvalue weighted by Gasteiger charge is 2.20. The third kappa shape index (κ3) is 4.80. The van der Waals surface area contributed by atoms with Crippen molar-refractivity contribution in [3.05, 3.63) is 59.5 Å². The minimum Gasteiger partial charge on any atom is -0.497 e. The number of methoxy groups -OCH3 is 2. The molecular formula is C23H28N4O3. The van der Waals surface area contributed by atoms with Crippen LogP contribution in [0.3, 0.4) is 0 Å². The van der Waals surface area contributed by atoms with Crippen LogP contribution in [0.15, 0.2) is 46.9 Å². The van der Waals surface area contributed by atoms with Gasteiger partial charge in [0.1, 0.15) is 11.5 Å². The van der Waals surface area contributed by atoms with Crippen molar-refractivity contribution >= 4 is 0 Å². The average Bonchev–Trinajstić information content (AvgIpc) is 3.24. The zero-order chi connectivity index (χ0) is 20.9. The van der Waals surface area contributed by atoms with Gasteiger partial charge in [0.25, 0.3) is 0 Å². The normalized spacial score (nSPS) is 15.3. The molecule has 1 aliphatic rings. The summed E-state index contributed by atoms with van der Waals surface area (Å²) in [5.74, 6) is 2.95. The third-order valence-corrected chi connectivity index (χ3v) is 5.46. The zero-order valence-electron chi connectivity index (χ0n) is 17.8. The van der Waals surface area contributed by atoms with Gasteiger partial charge in [-0.3, -0.25) is 9.80 Å². The number of hydrogen-bond acceptors (Lipinski definition) is 7. The molecule has 0 spiro atoms. The minimum atomic E-state index is 0.540. The summed E-state index contributed by atoms with van der Waals surface area (Å²) in [6, 6.07) is 14.0. The van der Waals surface area contributed by atoms with Crippen LogP contribution in [-0.2, 0) is 13.1 Å². The maximum absolute atomic E-state index is 5.88. The fraction of sp³-hybridized carbons (Fsp3) is 0.391. The summed E-state index contributed by atoms with van der Waals surface area (Å²) in [6.07, 6.45) is 0. The van der Waals surface area contributed by atoms with Gasteiger partial charge in [-0.05, 0) is 37.3 Å². The van der Waals surface area contributed by atoms with Gasteiger partial charge >= 0.3 is 0 Å². The monoisotopic (exact) mass is 408 g/mol. The Hall–Kier alpha value is -2.90. The largest absolute Gasteiger partial charge is 0.497 e. The van der Waals surface area contributed by atoms with Crippen molar-refractivity contribution in [2.45, 2.75) is 20.0 Å². The molecule has 0 radical (unpaired) electrons. The van der Waals surface area contributed by atoms with Crippen molar-refractivity contribution < 1.29 is 13.9 Å². The van der Waals surface area contributed by atoms with Crippen molar-refractivity contribution in [3.63, 3.8) is 0 Å². The molecule has 30 heavy (non-hydrogen) atoms. The fourth-order valence-electron chi connectivity index (χ4n) is 3.74. The molecule has 3 aromatic rings. The Bertz CT molecular complexity index is 963. The van der Waals surface area contributed by atoms with Gasteiger partial charge in [-0.25, -0.2) is 0 Å². The topological polar surface area (TPSA) is 63.9 Å². The predicted octanol–water partition coefficient (Wildman–Crippen LogP) is 3.38. The molecule has 1 saturated heterocycles. The first-order chi connectivity index (χ1) is 14.6. The van der Waals surface area contributed by atoms with E-state index in [4.69, 9.17) is 13.9 Å². The second kappa shape index (κ2) is 9.28. The van der Waals surface area contributed by atoms with E-state index in [2.05, 4.69) is 45.1 Å². The second-order valence-electron chi connectivity index (χ2n) is 7.60.